The quantitative estimate of drug-likeness (QED) is 0.766. The Morgan fingerprint density at radius 3 is 2.28 bits per heavy atom. The Bertz CT molecular complexity index is 463. The van der Waals surface area contributed by atoms with Crippen molar-refractivity contribution in [2.24, 2.45) is 11.1 Å². The van der Waals surface area contributed by atoms with Gasteiger partial charge in [-0.25, -0.2) is 0 Å². The first-order valence-electron chi connectivity index (χ1n) is 9.23. The third kappa shape index (κ3) is 3.81. The molecule has 148 valence electrons. The number of carbonyl (C=O) groups excluding carboxylic acids is 1. The lowest BCUT2D eigenvalue weighted by atomic mass is 9.54. The molecule has 2 saturated heterocycles. The van der Waals surface area contributed by atoms with Crippen molar-refractivity contribution in [1.82, 2.24) is 10.2 Å². The molecule has 4 unspecified atom stereocenters. The van der Waals surface area contributed by atoms with E-state index in [0.717, 1.165) is 12.8 Å². The van der Waals surface area contributed by atoms with Crippen LogP contribution in [0, 0.1) is 5.41 Å². The molecular formula is C18H35Cl2N3O2. The molecule has 3 rings (SSSR count). The van der Waals surface area contributed by atoms with Gasteiger partial charge < -0.3 is 20.7 Å². The third-order valence-corrected chi connectivity index (χ3v) is 6.91. The molecule has 0 aromatic heterocycles. The summed E-state index contributed by atoms with van der Waals surface area (Å²) in [5.74, 6) is 0.0195. The SMILES string of the molecule is CCOC1CC(N)(C(=O)NC2CC3CCCC(C2)N3C)C1(C)C.Cl.Cl. The lowest BCUT2D eigenvalue weighted by Crippen LogP contribution is -2.76. The zero-order valence-electron chi connectivity index (χ0n) is 15.9. The smallest absolute Gasteiger partial charge is 0.241 e. The number of nitrogens with two attached hydrogens (primary N) is 1. The molecule has 0 aromatic carbocycles. The van der Waals surface area contributed by atoms with Crippen LogP contribution in [0.1, 0.15) is 59.3 Å². The van der Waals surface area contributed by atoms with Crippen LogP contribution in [0.5, 0.6) is 0 Å². The number of hydrogen-bond donors (Lipinski definition) is 2. The molecule has 1 amide bonds. The van der Waals surface area contributed by atoms with Crippen molar-refractivity contribution in [1.29, 1.82) is 0 Å². The predicted molar refractivity (Wildman–Crippen MR) is 106 cm³/mol. The summed E-state index contributed by atoms with van der Waals surface area (Å²) >= 11 is 0. The number of ether oxygens (including phenoxy) is 1. The molecule has 3 N–H and O–H groups in total. The van der Waals surface area contributed by atoms with Crippen molar-refractivity contribution in [2.45, 2.75) is 89.1 Å². The molecule has 25 heavy (non-hydrogen) atoms. The largest absolute Gasteiger partial charge is 0.378 e. The van der Waals surface area contributed by atoms with Crippen LogP contribution < -0.4 is 11.1 Å². The van der Waals surface area contributed by atoms with Crippen molar-refractivity contribution < 1.29 is 9.53 Å². The Labute approximate surface area is 164 Å². The van der Waals surface area contributed by atoms with Crippen LogP contribution in [0.4, 0.5) is 0 Å². The molecule has 2 aliphatic heterocycles. The van der Waals surface area contributed by atoms with Gasteiger partial charge in [-0.1, -0.05) is 20.3 Å². The zero-order chi connectivity index (χ0) is 16.8. The normalized spacial score (nSPS) is 39.4. The highest BCUT2D eigenvalue weighted by Gasteiger charge is 2.63. The second kappa shape index (κ2) is 8.30. The highest BCUT2D eigenvalue weighted by atomic mass is 35.5. The van der Waals surface area contributed by atoms with Gasteiger partial charge in [0.2, 0.25) is 5.91 Å². The Morgan fingerprint density at radius 1 is 1.24 bits per heavy atom. The van der Waals surface area contributed by atoms with Crippen molar-refractivity contribution in [3.8, 4) is 0 Å². The molecule has 1 saturated carbocycles. The maximum Gasteiger partial charge on any atom is 0.241 e. The molecule has 1 aliphatic carbocycles. The van der Waals surface area contributed by atoms with E-state index in [1.807, 2.05) is 6.92 Å². The van der Waals surface area contributed by atoms with Gasteiger partial charge in [-0.3, -0.25) is 4.79 Å². The van der Waals surface area contributed by atoms with Gasteiger partial charge in [0.05, 0.1) is 6.10 Å². The molecule has 0 spiro atoms. The zero-order valence-corrected chi connectivity index (χ0v) is 17.5. The summed E-state index contributed by atoms with van der Waals surface area (Å²) in [6.45, 7) is 6.77. The molecule has 2 heterocycles. The molecule has 3 fully saturated rings. The molecule has 0 aromatic rings. The number of nitrogens with zero attached hydrogens (tertiary/aromatic N) is 1. The van der Waals surface area contributed by atoms with Crippen molar-refractivity contribution in [2.75, 3.05) is 13.7 Å². The average molecular weight is 396 g/mol. The van der Waals surface area contributed by atoms with E-state index in [2.05, 4.69) is 31.1 Å². The number of nitrogens with one attached hydrogen (secondary N) is 1. The van der Waals surface area contributed by atoms with Crippen LogP contribution >= 0.6 is 24.8 Å². The number of amides is 1. The Kier molecular flexibility index (Phi) is 7.63. The number of fused-ring (bicyclic) bond motifs is 2. The molecular weight excluding hydrogens is 361 g/mol. The summed E-state index contributed by atoms with van der Waals surface area (Å²) in [6, 6.07) is 1.51. The van der Waals surface area contributed by atoms with E-state index < -0.39 is 5.54 Å². The van der Waals surface area contributed by atoms with Crippen molar-refractivity contribution in [3.63, 3.8) is 0 Å². The van der Waals surface area contributed by atoms with Crippen LogP contribution in [-0.2, 0) is 9.53 Å². The summed E-state index contributed by atoms with van der Waals surface area (Å²) in [6.07, 6.45) is 6.66. The molecule has 3 aliphatic rings. The van der Waals surface area contributed by atoms with E-state index in [4.69, 9.17) is 10.5 Å². The minimum absolute atomic E-state index is 0. The van der Waals surface area contributed by atoms with E-state index >= 15 is 0 Å². The molecule has 5 nitrogen and oxygen atoms in total. The second-order valence-electron chi connectivity index (χ2n) is 8.39. The summed E-state index contributed by atoms with van der Waals surface area (Å²) < 4.78 is 5.74. The monoisotopic (exact) mass is 395 g/mol. The molecule has 0 radical (unpaired) electrons. The molecule has 2 bridgehead atoms. The number of halogens is 2. The number of hydrogen-bond acceptors (Lipinski definition) is 4. The maximum absolute atomic E-state index is 12.9. The van der Waals surface area contributed by atoms with Crippen LogP contribution in [-0.4, -0.2) is 54.2 Å². The molecule has 4 atom stereocenters. The van der Waals surface area contributed by atoms with Gasteiger partial charge in [0.25, 0.3) is 0 Å². The Morgan fingerprint density at radius 2 is 1.80 bits per heavy atom. The van der Waals surface area contributed by atoms with E-state index in [0.29, 0.717) is 25.1 Å². The van der Waals surface area contributed by atoms with Crippen LogP contribution in [0.25, 0.3) is 0 Å². The fourth-order valence-electron chi connectivity index (χ4n) is 4.87. The van der Waals surface area contributed by atoms with Crippen LogP contribution in [0.15, 0.2) is 0 Å². The topological polar surface area (TPSA) is 67.6 Å². The summed E-state index contributed by atoms with van der Waals surface area (Å²) in [5, 5.41) is 3.28. The Balaban J connectivity index is 0.00000156. The minimum atomic E-state index is -0.800. The molecule has 7 heteroatoms. The average Bonchev–Trinajstić information content (AvgIpc) is 2.47. The van der Waals surface area contributed by atoms with Gasteiger partial charge in [0.1, 0.15) is 5.54 Å². The van der Waals surface area contributed by atoms with Crippen molar-refractivity contribution in [3.05, 3.63) is 0 Å². The van der Waals surface area contributed by atoms with E-state index in [1.165, 1.54) is 19.3 Å². The van der Waals surface area contributed by atoms with Crippen molar-refractivity contribution >= 4 is 30.7 Å². The third-order valence-electron chi connectivity index (χ3n) is 6.91. The standard InChI is InChI=1S/C18H33N3O2.2ClH/c1-5-23-15-11-18(19,17(15,2)3)16(22)20-12-9-13-7-6-8-14(10-12)21(13)4;;/h12-15H,5-11,19H2,1-4H3,(H,20,22);2*1H. The second-order valence-corrected chi connectivity index (χ2v) is 8.39. The Hall–Kier alpha value is -0.0700. The summed E-state index contributed by atoms with van der Waals surface area (Å²) in [5.41, 5.74) is 5.39. The fraction of sp³-hybridized carbons (Fsp3) is 0.944. The lowest BCUT2D eigenvalue weighted by molar-refractivity contribution is -0.171. The highest BCUT2D eigenvalue weighted by molar-refractivity contribution is 5.89. The van der Waals surface area contributed by atoms with Crippen LogP contribution in [0.2, 0.25) is 0 Å². The fourth-order valence-corrected chi connectivity index (χ4v) is 4.87. The van der Waals surface area contributed by atoms with Gasteiger partial charge >= 0.3 is 0 Å². The number of piperidine rings is 2. The first-order chi connectivity index (χ1) is 10.8. The van der Waals surface area contributed by atoms with Gasteiger partial charge in [0, 0.05) is 36.6 Å². The maximum atomic E-state index is 12.9. The first-order valence-corrected chi connectivity index (χ1v) is 9.23. The van der Waals surface area contributed by atoms with E-state index in [9.17, 15) is 4.79 Å². The van der Waals surface area contributed by atoms with Gasteiger partial charge in [-0.2, -0.15) is 0 Å². The van der Waals surface area contributed by atoms with E-state index in [-0.39, 0.29) is 48.3 Å². The summed E-state index contributed by atoms with van der Waals surface area (Å²) in [7, 11) is 2.23. The summed E-state index contributed by atoms with van der Waals surface area (Å²) in [4.78, 5) is 15.4. The number of rotatable bonds is 4. The first kappa shape index (κ1) is 23.0. The van der Waals surface area contributed by atoms with Gasteiger partial charge in [-0.05, 0) is 39.7 Å². The van der Waals surface area contributed by atoms with Crippen LogP contribution in [0.3, 0.4) is 0 Å². The minimum Gasteiger partial charge on any atom is -0.378 e. The van der Waals surface area contributed by atoms with Gasteiger partial charge in [-0.15, -0.1) is 24.8 Å². The van der Waals surface area contributed by atoms with E-state index in [1.54, 1.807) is 0 Å². The highest BCUT2D eigenvalue weighted by Crippen LogP contribution is 2.50. The number of carbonyl (C=O) groups is 1. The lowest BCUT2D eigenvalue weighted by Gasteiger charge is -2.58. The predicted octanol–water partition coefficient (Wildman–Crippen LogP) is 2.49. The van der Waals surface area contributed by atoms with Gasteiger partial charge in [0.15, 0.2) is 0 Å².